The third-order valence-electron chi connectivity index (χ3n) is 2.86. The lowest BCUT2D eigenvalue weighted by Gasteiger charge is -2.31. The average molecular weight is 289 g/mol. The molecular weight excluding hydrogens is 276 g/mol. The first kappa shape index (κ1) is 13.3. The zero-order chi connectivity index (χ0) is 13.3. The molecule has 1 aromatic carbocycles. The molecule has 1 heterocycles. The summed E-state index contributed by atoms with van der Waals surface area (Å²) in [5, 5.41) is 0.358. The van der Waals surface area contributed by atoms with Gasteiger partial charge in [-0.25, -0.2) is 8.42 Å². The molecule has 0 atom stereocenters. The maximum absolute atomic E-state index is 12.3. The topological polar surface area (TPSA) is 57.7 Å². The van der Waals surface area contributed by atoms with E-state index in [1.54, 1.807) is 19.2 Å². The normalized spacial score (nSPS) is 18.1. The van der Waals surface area contributed by atoms with Crippen LogP contribution in [-0.4, -0.2) is 50.2 Å². The summed E-state index contributed by atoms with van der Waals surface area (Å²) in [6.45, 7) is 0.584. The lowest BCUT2D eigenvalue weighted by Crippen LogP contribution is -2.50. The Morgan fingerprint density at radius 2 is 2.00 bits per heavy atom. The Morgan fingerprint density at radius 3 is 2.61 bits per heavy atom. The van der Waals surface area contributed by atoms with Gasteiger partial charge in [0.1, 0.15) is 0 Å². The molecule has 0 unspecified atom stereocenters. The van der Waals surface area contributed by atoms with Gasteiger partial charge in [-0.1, -0.05) is 17.7 Å². The second-order valence-electron chi connectivity index (χ2n) is 4.11. The van der Waals surface area contributed by atoms with Crippen LogP contribution in [0.2, 0.25) is 5.02 Å². The van der Waals surface area contributed by atoms with Crippen molar-refractivity contribution in [2.24, 2.45) is 0 Å². The molecule has 2 rings (SSSR count). The Balaban J connectivity index is 2.30. The van der Waals surface area contributed by atoms with Crippen molar-refractivity contribution < 1.29 is 13.2 Å². The number of hydrogen-bond acceptors (Lipinski definition) is 3. The number of nitrogens with zero attached hydrogens (tertiary/aromatic N) is 2. The fourth-order valence-electron chi connectivity index (χ4n) is 1.72. The third kappa shape index (κ3) is 2.50. The summed E-state index contributed by atoms with van der Waals surface area (Å²) in [6.07, 6.45) is 0. The maximum atomic E-state index is 12.3. The predicted molar refractivity (Wildman–Crippen MR) is 67.8 cm³/mol. The molecule has 5 nitrogen and oxygen atoms in total. The molecule has 0 bridgehead atoms. The van der Waals surface area contributed by atoms with Crippen molar-refractivity contribution >= 4 is 27.5 Å². The van der Waals surface area contributed by atoms with Gasteiger partial charge in [-0.05, 0) is 18.2 Å². The van der Waals surface area contributed by atoms with Gasteiger partial charge >= 0.3 is 0 Å². The zero-order valence-corrected chi connectivity index (χ0v) is 11.4. The number of hydrogen-bond donors (Lipinski definition) is 0. The molecule has 1 saturated heterocycles. The number of halogens is 1. The van der Waals surface area contributed by atoms with Crippen molar-refractivity contribution in [2.45, 2.75) is 4.90 Å². The van der Waals surface area contributed by atoms with Gasteiger partial charge in [0.2, 0.25) is 15.9 Å². The Bertz CT molecular complexity index is 573. The summed E-state index contributed by atoms with van der Waals surface area (Å²) in [6, 6.07) is 6.05. The highest BCUT2D eigenvalue weighted by Crippen LogP contribution is 2.20. The maximum Gasteiger partial charge on any atom is 0.243 e. The van der Waals surface area contributed by atoms with Crippen LogP contribution in [0.5, 0.6) is 0 Å². The standard InChI is InChI=1S/C11H13ClN2O3S/c1-13-5-6-14(8-11(13)15)18(16,17)10-4-2-3-9(12)7-10/h2-4,7H,5-6,8H2,1H3. The summed E-state index contributed by atoms with van der Waals surface area (Å²) in [5.74, 6) is -0.202. The summed E-state index contributed by atoms with van der Waals surface area (Å²) in [5.41, 5.74) is 0. The fraction of sp³-hybridized carbons (Fsp3) is 0.364. The van der Waals surface area contributed by atoms with Crippen LogP contribution >= 0.6 is 11.6 Å². The molecule has 1 aliphatic heterocycles. The Labute approximate surface area is 111 Å². The summed E-state index contributed by atoms with van der Waals surface area (Å²) in [4.78, 5) is 13.2. The van der Waals surface area contributed by atoms with E-state index in [2.05, 4.69) is 0 Å². The van der Waals surface area contributed by atoms with Gasteiger partial charge in [0.05, 0.1) is 11.4 Å². The van der Waals surface area contributed by atoms with Crippen molar-refractivity contribution in [3.63, 3.8) is 0 Å². The molecule has 7 heteroatoms. The number of sulfonamides is 1. The van der Waals surface area contributed by atoms with Crippen molar-refractivity contribution in [3.8, 4) is 0 Å². The highest BCUT2D eigenvalue weighted by molar-refractivity contribution is 7.89. The van der Waals surface area contributed by atoms with Gasteiger partial charge < -0.3 is 4.90 Å². The molecular formula is C11H13ClN2O3S. The van der Waals surface area contributed by atoms with Crippen LogP contribution in [0.15, 0.2) is 29.2 Å². The van der Waals surface area contributed by atoms with Gasteiger partial charge in [0, 0.05) is 25.2 Å². The molecule has 1 fully saturated rings. The van der Waals surface area contributed by atoms with Gasteiger partial charge in [0.25, 0.3) is 0 Å². The largest absolute Gasteiger partial charge is 0.343 e. The number of piperazine rings is 1. The van der Waals surface area contributed by atoms with Gasteiger partial charge in [0.15, 0.2) is 0 Å². The van der Waals surface area contributed by atoms with Crippen LogP contribution in [0, 0.1) is 0 Å². The minimum atomic E-state index is -3.64. The van der Waals surface area contributed by atoms with Gasteiger partial charge in [-0.15, -0.1) is 0 Å². The second kappa shape index (κ2) is 4.87. The molecule has 0 spiro atoms. The molecule has 0 saturated carbocycles. The predicted octanol–water partition coefficient (Wildman–Crippen LogP) is 0.803. The van der Waals surface area contributed by atoms with E-state index in [1.165, 1.54) is 21.3 Å². The summed E-state index contributed by atoms with van der Waals surface area (Å²) < 4.78 is 25.8. The van der Waals surface area contributed by atoms with Crippen molar-refractivity contribution in [3.05, 3.63) is 29.3 Å². The fourth-order valence-corrected chi connectivity index (χ4v) is 3.40. The van der Waals surface area contributed by atoms with E-state index in [0.29, 0.717) is 18.1 Å². The molecule has 18 heavy (non-hydrogen) atoms. The van der Waals surface area contributed by atoms with Gasteiger partial charge in [-0.3, -0.25) is 4.79 Å². The van der Waals surface area contributed by atoms with E-state index in [0.717, 1.165) is 0 Å². The monoisotopic (exact) mass is 288 g/mol. The third-order valence-corrected chi connectivity index (χ3v) is 4.93. The van der Waals surface area contributed by atoms with Crippen molar-refractivity contribution in [1.29, 1.82) is 0 Å². The summed E-state index contributed by atoms with van der Waals surface area (Å²) >= 11 is 5.78. The van der Waals surface area contributed by atoms with E-state index < -0.39 is 10.0 Å². The SMILES string of the molecule is CN1CCN(S(=O)(=O)c2cccc(Cl)c2)CC1=O. The van der Waals surface area contributed by atoms with Crippen LogP contribution in [0.3, 0.4) is 0 Å². The molecule has 0 aliphatic carbocycles. The Morgan fingerprint density at radius 1 is 1.28 bits per heavy atom. The lowest BCUT2D eigenvalue weighted by atomic mass is 10.4. The Kier molecular flexibility index (Phi) is 3.61. The van der Waals surface area contributed by atoms with E-state index >= 15 is 0 Å². The highest BCUT2D eigenvalue weighted by Gasteiger charge is 2.31. The summed E-state index contributed by atoms with van der Waals surface area (Å²) in [7, 11) is -1.98. The highest BCUT2D eigenvalue weighted by atomic mass is 35.5. The zero-order valence-electron chi connectivity index (χ0n) is 9.84. The van der Waals surface area contributed by atoms with E-state index in [9.17, 15) is 13.2 Å². The molecule has 1 aliphatic rings. The second-order valence-corrected chi connectivity index (χ2v) is 6.49. The van der Waals surface area contributed by atoms with Crippen LogP contribution in [-0.2, 0) is 14.8 Å². The van der Waals surface area contributed by atoms with E-state index in [-0.39, 0.29) is 17.3 Å². The molecule has 1 aromatic rings. The first-order valence-electron chi connectivity index (χ1n) is 5.41. The van der Waals surface area contributed by atoms with Crippen molar-refractivity contribution in [1.82, 2.24) is 9.21 Å². The number of likely N-dealkylation sites (N-methyl/N-ethyl adjacent to an activating group) is 1. The van der Waals surface area contributed by atoms with Crippen LogP contribution in [0.25, 0.3) is 0 Å². The first-order valence-corrected chi connectivity index (χ1v) is 7.23. The minimum absolute atomic E-state index is 0.118. The van der Waals surface area contributed by atoms with Crippen molar-refractivity contribution in [2.75, 3.05) is 26.7 Å². The quantitative estimate of drug-likeness (QED) is 0.809. The van der Waals surface area contributed by atoms with E-state index in [1.807, 2.05) is 0 Å². The van der Waals surface area contributed by atoms with Crippen LogP contribution < -0.4 is 0 Å². The number of amides is 1. The van der Waals surface area contributed by atoms with Gasteiger partial charge in [-0.2, -0.15) is 4.31 Å². The Hall–Kier alpha value is -1.11. The average Bonchev–Trinajstić information content (AvgIpc) is 2.32. The minimum Gasteiger partial charge on any atom is -0.343 e. The lowest BCUT2D eigenvalue weighted by molar-refractivity contribution is -0.132. The number of carbonyl (C=O) groups is 1. The van der Waals surface area contributed by atoms with E-state index in [4.69, 9.17) is 11.6 Å². The van der Waals surface area contributed by atoms with Crippen LogP contribution in [0.4, 0.5) is 0 Å². The first-order chi connectivity index (χ1) is 8.41. The number of rotatable bonds is 2. The molecule has 0 radical (unpaired) electrons. The molecule has 0 aromatic heterocycles. The molecule has 0 N–H and O–H groups in total. The molecule has 98 valence electrons. The number of benzene rings is 1. The number of carbonyl (C=O) groups excluding carboxylic acids is 1. The van der Waals surface area contributed by atoms with Crippen LogP contribution in [0.1, 0.15) is 0 Å². The smallest absolute Gasteiger partial charge is 0.243 e. The molecule has 1 amide bonds.